The van der Waals surface area contributed by atoms with Crippen LogP contribution in [0, 0.1) is 0 Å². The molecule has 9 rings (SSSR count). The minimum absolute atomic E-state index is 0.618. The van der Waals surface area contributed by atoms with Crippen LogP contribution < -0.4 is 4.90 Å². The van der Waals surface area contributed by atoms with Crippen molar-refractivity contribution in [3.63, 3.8) is 0 Å². The Bertz CT molecular complexity index is 2370. The number of para-hydroxylation sites is 3. The van der Waals surface area contributed by atoms with E-state index in [1.165, 1.54) is 76.4 Å². The molecule has 0 spiro atoms. The summed E-state index contributed by atoms with van der Waals surface area (Å²) in [6.45, 7) is 0. The second-order valence-corrected chi connectivity index (χ2v) is 13.1. The lowest BCUT2D eigenvalue weighted by Crippen LogP contribution is -2.11. The molecule has 0 aliphatic heterocycles. The maximum atomic E-state index is 6.10. The van der Waals surface area contributed by atoms with Gasteiger partial charge in [0.25, 0.3) is 0 Å². The Morgan fingerprint density at radius 2 is 1.15 bits per heavy atom. The SMILES string of the molecule is c1ccc(N(c2ccc(-c3ccc4oc5ccccc5c4c3)cc2)c2ccccc2-c2cccc3cccc(C4CCCCC4)c23)cc1. The number of anilines is 3. The van der Waals surface area contributed by atoms with E-state index in [2.05, 4.69) is 150 Å². The van der Waals surface area contributed by atoms with Crippen molar-refractivity contribution in [1.29, 1.82) is 0 Å². The van der Waals surface area contributed by atoms with Gasteiger partial charge in [-0.2, -0.15) is 0 Å². The van der Waals surface area contributed by atoms with Crippen molar-refractivity contribution in [2.75, 3.05) is 4.90 Å². The van der Waals surface area contributed by atoms with E-state index in [1.54, 1.807) is 0 Å². The second kappa shape index (κ2) is 12.2. The summed E-state index contributed by atoms with van der Waals surface area (Å²) in [7, 11) is 0. The van der Waals surface area contributed by atoms with Crippen LogP contribution in [0.25, 0.3) is 55.0 Å². The van der Waals surface area contributed by atoms with Crippen LogP contribution in [0.15, 0.2) is 162 Å². The summed E-state index contributed by atoms with van der Waals surface area (Å²) in [5.41, 5.74) is 11.7. The van der Waals surface area contributed by atoms with Gasteiger partial charge < -0.3 is 9.32 Å². The molecule has 8 aromatic rings. The number of furan rings is 1. The summed E-state index contributed by atoms with van der Waals surface area (Å²) in [4.78, 5) is 2.41. The first-order valence-electron chi connectivity index (χ1n) is 17.3. The summed E-state index contributed by atoms with van der Waals surface area (Å²) in [5, 5.41) is 5.03. The predicted octanol–water partition coefficient (Wildman–Crippen LogP) is 13.6. The molecule has 0 amide bonds. The first-order chi connectivity index (χ1) is 23.8. The first kappa shape index (κ1) is 28.6. The van der Waals surface area contributed by atoms with E-state index >= 15 is 0 Å². The zero-order chi connectivity index (χ0) is 31.9. The van der Waals surface area contributed by atoms with E-state index in [-0.39, 0.29) is 0 Å². The Morgan fingerprint density at radius 3 is 2.00 bits per heavy atom. The molecule has 7 aromatic carbocycles. The molecule has 0 N–H and O–H groups in total. The average Bonchev–Trinajstić information content (AvgIpc) is 3.54. The van der Waals surface area contributed by atoms with Crippen molar-refractivity contribution in [3.8, 4) is 22.3 Å². The molecule has 1 saturated carbocycles. The standard InChI is InChI=1S/C46H37NO/c1-3-13-33(14-4-1)38-21-11-15-34-16-12-22-41(46(34)38)39-19-7-9-23-43(39)47(36-17-5-2-6-18-36)37-28-25-32(26-29-37)35-27-30-45-42(31-35)40-20-8-10-24-44(40)48-45/h2,5-12,15-31,33H,1,3-4,13-14H2. The molecule has 1 aliphatic rings. The zero-order valence-corrected chi connectivity index (χ0v) is 27.0. The van der Waals surface area contributed by atoms with Gasteiger partial charge in [0.05, 0.1) is 5.69 Å². The highest BCUT2D eigenvalue weighted by molar-refractivity contribution is 6.06. The molecule has 2 heteroatoms. The van der Waals surface area contributed by atoms with Gasteiger partial charge in [-0.3, -0.25) is 0 Å². The summed E-state index contributed by atoms with van der Waals surface area (Å²) >= 11 is 0. The van der Waals surface area contributed by atoms with E-state index in [9.17, 15) is 0 Å². The Balaban J connectivity index is 1.17. The summed E-state index contributed by atoms with van der Waals surface area (Å²) in [5.74, 6) is 0.618. The largest absolute Gasteiger partial charge is 0.456 e. The molecule has 232 valence electrons. The molecule has 1 fully saturated rings. The smallest absolute Gasteiger partial charge is 0.135 e. The molecule has 48 heavy (non-hydrogen) atoms. The number of fused-ring (bicyclic) bond motifs is 4. The molecule has 1 heterocycles. The fourth-order valence-electron chi connectivity index (χ4n) is 7.96. The van der Waals surface area contributed by atoms with E-state index in [0.29, 0.717) is 5.92 Å². The van der Waals surface area contributed by atoms with Crippen LogP contribution >= 0.6 is 0 Å². The van der Waals surface area contributed by atoms with Crippen molar-refractivity contribution in [2.24, 2.45) is 0 Å². The molecule has 1 aliphatic carbocycles. The highest BCUT2D eigenvalue weighted by Gasteiger charge is 2.22. The van der Waals surface area contributed by atoms with Gasteiger partial charge in [0.1, 0.15) is 11.2 Å². The number of nitrogens with zero attached hydrogens (tertiary/aromatic N) is 1. The highest BCUT2D eigenvalue weighted by Crippen LogP contribution is 2.46. The van der Waals surface area contributed by atoms with E-state index in [0.717, 1.165) is 33.3 Å². The van der Waals surface area contributed by atoms with Gasteiger partial charge in [-0.25, -0.2) is 0 Å². The summed E-state index contributed by atoms with van der Waals surface area (Å²) in [6, 6.07) is 57.2. The third-order valence-electron chi connectivity index (χ3n) is 10.3. The van der Waals surface area contributed by atoms with Crippen LogP contribution in [-0.4, -0.2) is 0 Å². The third-order valence-corrected chi connectivity index (χ3v) is 10.3. The Morgan fingerprint density at radius 1 is 0.479 bits per heavy atom. The number of hydrogen-bond donors (Lipinski definition) is 0. The van der Waals surface area contributed by atoms with Gasteiger partial charge in [-0.15, -0.1) is 0 Å². The summed E-state index contributed by atoms with van der Waals surface area (Å²) < 4.78 is 6.10. The number of rotatable bonds is 6. The van der Waals surface area contributed by atoms with Gasteiger partial charge in [-0.05, 0) is 100 Å². The molecule has 1 aromatic heterocycles. The van der Waals surface area contributed by atoms with Crippen molar-refractivity contribution in [2.45, 2.75) is 38.0 Å². The number of benzene rings is 7. The van der Waals surface area contributed by atoms with Crippen molar-refractivity contribution >= 4 is 49.8 Å². The Hall–Kier alpha value is -5.60. The molecule has 0 bridgehead atoms. The lowest BCUT2D eigenvalue weighted by atomic mass is 9.80. The molecule has 2 nitrogen and oxygen atoms in total. The van der Waals surface area contributed by atoms with Gasteiger partial charge in [-0.1, -0.05) is 128 Å². The quantitative estimate of drug-likeness (QED) is 0.184. The van der Waals surface area contributed by atoms with E-state index < -0.39 is 0 Å². The van der Waals surface area contributed by atoms with Crippen LogP contribution in [0.3, 0.4) is 0 Å². The van der Waals surface area contributed by atoms with Crippen molar-refractivity contribution in [1.82, 2.24) is 0 Å². The maximum absolute atomic E-state index is 6.10. The normalized spacial score (nSPS) is 13.8. The maximum Gasteiger partial charge on any atom is 0.135 e. The fourth-order valence-corrected chi connectivity index (χ4v) is 7.96. The topological polar surface area (TPSA) is 16.4 Å². The number of hydrogen-bond acceptors (Lipinski definition) is 2. The Labute approximate surface area is 281 Å². The molecule has 0 saturated heterocycles. The van der Waals surface area contributed by atoms with E-state index in [4.69, 9.17) is 4.42 Å². The fraction of sp³-hybridized carbons (Fsp3) is 0.130. The lowest BCUT2D eigenvalue weighted by Gasteiger charge is -2.29. The molecule has 0 radical (unpaired) electrons. The van der Waals surface area contributed by atoms with E-state index in [1.807, 2.05) is 12.1 Å². The van der Waals surface area contributed by atoms with Crippen LogP contribution in [0.1, 0.15) is 43.6 Å². The first-order valence-corrected chi connectivity index (χ1v) is 17.3. The highest BCUT2D eigenvalue weighted by atomic mass is 16.3. The van der Waals surface area contributed by atoms with Crippen LogP contribution in [0.4, 0.5) is 17.1 Å². The third kappa shape index (κ3) is 5.05. The minimum atomic E-state index is 0.618. The van der Waals surface area contributed by atoms with Crippen molar-refractivity contribution in [3.05, 3.63) is 163 Å². The monoisotopic (exact) mass is 619 g/mol. The van der Waals surface area contributed by atoms with Gasteiger partial charge >= 0.3 is 0 Å². The van der Waals surface area contributed by atoms with Gasteiger partial charge in [0, 0.05) is 27.7 Å². The molecule has 0 unspecified atom stereocenters. The molecule has 0 atom stereocenters. The second-order valence-electron chi connectivity index (χ2n) is 13.1. The van der Waals surface area contributed by atoms with Gasteiger partial charge in [0.15, 0.2) is 0 Å². The van der Waals surface area contributed by atoms with Crippen LogP contribution in [0.5, 0.6) is 0 Å². The van der Waals surface area contributed by atoms with Crippen molar-refractivity contribution < 1.29 is 4.42 Å². The zero-order valence-electron chi connectivity index (χ0n) is 27.0. The lowest BCUT2D eigenvalue weighted by molar-refractivity contribution is 0.445. The molecular formula is C46H37NO. The Kier molecular flexibility index (Phi) is 7.28. The minimum Gasteiger partial charge on any atom is -0.456 e. The van der Waals surface area contributed by atoms with Gasteiger partial charge in [0.2, 0.25) is 0 Å². The summed E-state index contributed by atoms with van der Waals surface area (Å²) in [6.07, 6.45) is 6.56. The average molecular weight is 620 g/mol. The van der Waals surface area contributed by atoms with Crippen LogP contribution in [-0.2, 0) is 0 Å². The molecular weight excluding hydrogens is 583 g/mol. The predicted molar refractivity (Wildman–Crippen MR) is 203 cm³/mol. The van der Waals surface area contributed by atoms with Crippen LogP contribution in [0.2, 0.25) is 0 Å².